The molecule has 1 unspecified atom stereocenters. The van der Waals surface area contributed by atoms with Crippen molar-refractivity contribution in [1.82, 2.24) is 0 Å². The molecule has 1 aliphatic rings. The summed E-state index contributed by atoms with van der Waals surface area (Å²) in [6.45, 7) is 12.3. The molecule has 0 aromatic carbocycles. The van der Waals surface area contributed by atoms with Crippen molar-refractivity contribution >= 4 is 0 Å². The van der Waals surface area contributed by atoms with Crippen LogP contribution in [0.4, 0.5) is 0 Å². The topological polar surface area (TPSA) is 0 Å². The van der Waals surface area contributed by atoms with E-state index in [1.54, 1.807) is 6.92 Å². The Hall–Kier alpha value is -0.960. The molecule has 80 valence electrons. The Morgan fingerprint density at radius 1 is 1.36 bits per heavy atom. The average Bonchev–Trinajstić information content (AvgIpc) is 2.17. The van der Waals surface area contributed by atoms with Crippen molar-refractivity contribution in [3.63, 3.8) is 0 Å². The molecule has 0 spiro atoms. The third kappa shape index (κ3) is 7.68. The van der Waals surface area contributed by atoms with Crippen LogP contribution in [0.1, 0.15) is 48.0 Å². The van der Waals surface area contributed by atoms with Crippen molar-refractivity contribution in [2.75, 3.05) is 0 Å². The first kappa shape index (κ1) is 15.5. The zero-order chi connectivity index (χ0) is 11.6. The predicted octanol–water partition coefficient (Wildman–Crippen LogP) is 4.58. The van der Waals surface area contributed by atoms with E-state index in [0.29, 0.717) is 0 Å². The first-order valence-corrected chi connectivity index (χ1v) is 5.34. The molecule has 1 atom stereocenters. The van der Waals surface area contributed by atoms with Crippen molar-refractivity contribution in [3.8, 4) is 12.3 Å². The van der Waals surface area contributed by atoms with E-state index >= 15 is 0 Å². The van der Waals surface area contributed by atoms with Gasteiger partial charge in [-0.15, -0.1) is 12.3 Å². The summed E-state index contributed by atoms with van der Waals surface area (Å²) in [7, 11) is 0. The van der Waals surface area contributed by atoms with Gasteiger partial charge in [-0.25, -0.2) is 0 Å². The predicted molar refractivity (Wildman–Crippen MR) is 67.2 cm³/mol. The Morgan fingerprint density at radius 2 is 1.79 bits per heavy atom. The molecule has 0 amide bonds. The summed E-state index contributed by atoms with van der Waals surface area (Å²) in [6, 6.07) is 0. The molecule has 0 aliphatic heterocycles. The number of hydrogen-bond acceptors (Lipinski definition) is 0. The lowest BCUT2D eigenvalue weighted by atomic mass is 9.92. The second kappa shape index (κ2) is 10.1. The standard InChI is InChI=1S/C9H14.C3H4.C2H6/c1-7-4-5-8(2)9(3)6-7;1-3-2;1-2/h4,6,8H,5H2,1-3H3;1H,2H3;1-2H3. The van der Waals surface area contributed by atoms with Gasteiger partial charge in [0.25, 0.3) is 0 Å². The molecule has 0 radical (unpaired) electrons. The summed E-state index contributed by atoms with van der Waals surface area (Å²) in [4.78, 5) is 0. The molecular weight excluding hydrogens is 168 g/mol. The van der Waals surface area contributed by atoms with E-state index in [1.165, 1.54) is 17.6 Å². The fourth-order valence-corrected chi connectivity index (χ4v) is 1.11. The Labute approximate surface area is 90.1 Å². The van der Waals surface area contributed by atoms with Gasteiger partial charge >= 0.3 is 0 Å². The van der Waals surface area contributed by atoms with Gasteiger partial charge in [0.2, 0.25) is 0 Å². The Bertz CT molecular complexity index is 223. The molecule has 0 heteroatoms. The average molecular weight is 192 g/mol. The van der Waals surface area contributed by atoms with Gasteiger partial charge in [0, 0.05) is 0 Å². The van der Waals surface area contributed by atoms with Gasteiger partial charge in [-0.05, 0) is 33.1 Å². The summed E-state index contributed by atoms with van der Waals surface area (Å²) >= 11 is 0. The van der Waals surface area contributed by atoms with E-state index in [9.17, 15) is 0 Å². The lowest BCUT2D eigenvalue weighted by molar-refractivity contribution is 0.681. The van der Waals surface area contributed by atoms with Crippen LogP contribution in [-0.4, -0.2) is 0 Å². The van der Waals surface area contributed by atoms with Crippen molar-refractivity contribution in [3.05, 3.63) is 23.3 Å². The molecule has 0 saturated carbocycles. The number of terminal acetylenes is 1. The van der Waals surface area contributed by atoms with E-state index in [-0.39, 0.29) is 0 Å². The molecule has 0 aromatic rings. The quantitative estimate of drug-likeness (QED) is 0.493. The molecule has 0 N–H and O–H groups in total. The van der Waals surface area contributed by atoms with Gasteiger partial charge in [0.05, 0.1) is 0 Å². The zero-order valence-electron chi connectivity index (χ0n) is 10.5. The van der Waals surface area contributed by atoms with Crippen molar-refractivity contribution < 1.29 is 0 Å². The first-order valence-electron chi connectivity index (χ1n) is 5.34. The maximum Gasteiger partial charge on any atom is -0.00297 e. The summed E-state index contributed by atoms with van der Waals surface area (Å²) in [5, 5.41) is 0. The zero-order valence-corrected chi connectivity index (χ0v) is 10.5. The van der Waals surface area contributed by atoms with Crippen LogP contribution in [0.25, 0.3) is 0 Å². The third-order valence-corrected chi connectivity index (χ3v) is 2.03. The van der Waals surface area contributed by atoms with Gasteiger partial charge in [-0.3, -0.25) is 0 Å². The molecule has 0 aromatic heterocycles. The second-order valence-electron chi connectivity index (χ2n) is 3.26. The minimum Gasteiger partial charge on any atom is -0.120 e. The van der Waals surface area contributed by atoms with Crippen LogP contribution >= 0.6 is 0 Å². The van der Waals surface area contributed by atoms with E-state index in [4.69, 9.17) is 0 Å². The number of rotatable bonds is 0. The lowest BCUT2D eigenvalue weighted by Gasteiger charge is -2.14. The molecule has 0 bridgehead atoms. The van der Waals surface area contributed by atoms with Crippen LogP contribution < -0.4 is 0 Å². The largest absolute Gasteiger partial charge is 0.120 e. The molecule has 0 heterocycles. The van der Waals surface area contributed by atoms with Crippen LogP contribution in [0, 0.1) is 18.3 Å². The van der Waals surface area contributed by atoms with Crippen LogP contribution in [0.3, 0.4) is 0 Å². The summed E-state index contributed by atoms with van der Waals surface area (Å²) in [5.41, 5.74) is 2.94. The van der Waals surface area contributed by atoms with Crippen molar-refractivity contribution in [2.45, 2.75) is 48.0 Å². The maximum atomic E-state index is 4.60. The van der Waals surface area contributed by atoms with E-state index in [0.717, 1.165) is 5.92 Å². The molecule has 1 aliphatic carbocycles. The van der Waals surface area contributed by atoms with Gasteiger partial charge in [0.1, 0.15) is 0 Å². The van der Waals surface area contributed by atoms with Crippen LogP contribution in [0.5, 0.6) is 0 Å². The summed E-state index contributed by atoms with van der Waals surface area (Å²) in [5.74, 6) is 3.02. The molecule has 14 heavy (non-hydrogen) atoms. The molecule has 1 rings (SSSR count). The van der Waals surface area contributed by atoms with E-state index < -0.39 is 0 Å². The molecule has 0 saturated heterocycles. The molecule has 0 fully saturated rings. The third-order valence-electron chi connectivity index (χ3n) is 2.03. The normalized spacial score (nSPS) is 18.5. The molecule has 0 nitrogen and oxygen atoms in total. The van der Waals surface area contributed by atoms with Crippen LogP contribution in [-0.2, 0) is 0 Å². The minimum absolute atomic E-state index is 0.772. The van der Waals surface area contributed by atoms with Gasteiger partial charge in [-0.2, -0.15) is 0 Å². The van der Waals surface area contributed by atoms with Crippen LogP contribution in [0.2, 0.25) is 0 Å². The van der Waals surface area contributed by atoms with E-state index in [2.05, 4.69) is 45.3 Å². The Balaban J connectivity index is 0. The first-order chi connectivity index (χ1) is 6.61. The Morgan fingerprint density at radius 3 is 2.07 bits per heavy atom. The fraction of sp³-hybridized carbons (Fsp3) is 0.571. The van der Waals surface area contributed by atoms with Gasteiger partial charge in [-0.1, -0.05) is 44.1 Å². The molecular formula is C14H24. The lowest BCUT2D eigenvalue weighted by Crippen LogP contribution is -1.99. The van der Waals surface area contributed by atoms with E-state index in [1.807, 2.05) is 13.8 Å². The van der Waals surface area contributed by atoms with Gasteiger partial charge < -0.3 is 0 Å². The summed E-state index contributed by atoms with van der Waals surface area (Å²) in [6.07, 6.45) is 10.4. The minimum atomic E-state index is 0.772. The van der Waals surface area contributed by atoms with Crippen LogP contribution in [0.15, 0.2) is 23.3 Å². The highest BCUT2D eigenvalue weighted by Crippen LogP contribution is 2.21. The number of allylic oxidation sites excluding steroid dienone is 4. The fourth-order valence-electron chi connectivity index (χ4n) is 1.11. The highest BCUT2D eigenvalue weighted by atomic mass is 14.1. The SMILES string of the molecule is C#CC.CC.CC1=CCC(C)C(C)=C1. The highest BCUT2D eigenvalue weighted by molar-refractivity contribution is 5.26. The monoisotopic (exact) mass is 192 g/mol. The van der Waals surface area contributed by atoms with Gasteiger partial charge in [0.15, 0.2) is 0 Å². The highest BCUT2D eigenvalue weighted by Gasteiger charge is 2.05. The van der Waals surface area contributed by atoms with Crippen molar-refractivity contribution in [2.24, 2.45) is 5.92 Å². The number of hydrogen-bond donors (Lipinski definition) is 0. The second-order valence-corrected chi connectivity index (χ2v) is 3.26. The maximum absolute atomic E-state index is 4.60. The Kier molecular flexibility index (Phi) is 11.2. The van der Waals surface area contributed by atoms with Crippen molar-refractivity contribution in [1.29, 1.82) is 0 Å². The smallest absolute Gasteiger partial charge is 0.00297 e. The summed E-state index contributed by atoms with van der Waals surface area (Å²) < 4.78 is 0.